The lowest BCUT2D eigenvalue weighted by Gasteiger charge is -2.22. The van der Waals surface area contributed by atoms with Gasteiger partial charge in [-0.3, -0.25) is 0 Å². The van der Waals surface area contributed by atoms with E-state index in [1.54, 1.807) is 6.08 Å². The Hall–Kier alpha value is -2.05. The molecule has 6 nitrogen and oxygen atoms in total. The first-order chi connectivity index (χ1) is 12.3. The number of rotatable bonds is 7. The quantitative estimate of drug-likeness (QED) is 0.441. The van der Waals surface area contributed by atoms with Crippen LogP contribution in [0.3, 0.4) is 0 Å². The van der Waals surface area contributed by atoms with Crippen LogP contribution in [0.4, 0.5) is 5.69 Å². The van der Waals surface area contributed by atoms with Crippen molar-refractivity contribution in [2.45, 2.75) is 46.3 Å². The van der Waals surface area contributed by atoms with E-state index in [4.69, 9.17) is 25.7 Å². The van der Waals surface area contributed by atoms with Crippen LogP contribution in [0.1, 0.15) is 40.0 Å². The summed E-state index contributed by atoms with van der Waals surface area (Å²) in [7, 11) is 0. The first-order valence-electron chi connectivity index (χ1n) is 9.12. The summed E-state index contributed by atoms with van der Waals surface area (Å²) in [6.45, 7) is 7.81. The monoisotopic (exact) mass is 361 g/mol. The summed E-state index contributed by atoms with van der Waals surface area (Å²) in [6.07, 6.45) is 4.83. The second-order valence-electron chi connectivity index (χ2n) is 7.40. The highest BCUT2D eigenvalue weighted by molar-refractivity contribution is 5.94. The normalized spacial score (nSPS) is 19.4. The fourth-order valence-corrected chi connectivity index (χ4v) is 2.38. The number of hydrogen-bond acceptors (Lipinski definition) is 5. The van der Waals surface area contributed by atoms with Crippen molar-refractivity contribution >= 4 is 11.5 Å². The summed E-state index contributed by atoms with van der Waals surface area (Å²) in [5.74, 6) is 1.09. The van der Waals surface area contributed by atoms with Crippen molar-refractivity contribution < 1.29 is 14.2 Å². The van der Waals surface area contributed by atoms with Gasteiger partial charge in [-0.1, -0.05) is 26.8 Å². The third-order valence-electron chi connectivity index (χ3n) is 4.04. The molecule has 0 saturated carbocycles. The molecule has 1 aromatic rings. The summed E-state index contributed by atoms with van der Waals surface area (Å²) in [5.41, 5.74) is 13.3. The number of amidine groups is 1. The zero-order chi connectivity index (χ0) is 19.0. The Morgan fingerprint density at radius 3 is 2.77 bits per heavy atom. The maximum Gasteiger partial charge on any atom is 0.157 e. The van der Waals surface area contributed by atoms with Crippen molar-refractivity contribution in [2.24, 2.45) is 21.9 Å². The number of hydrogen-bond donors (Lipinski definition) is 2. The number of allylic oxidation sites excluding steroid dienone is 1. The van der Waals surface area contributed by atoms with E-state index in [-0.39, 0.29) is 11.7 Å². The molecule has 1 aliphatic rings. The molecule has 1 aromatic carbocycles. The van der Waals surface area contributed by atoms with Crippen LogP contribution in [-0.2, 0) is 9.47 Å². The SMILES string of the molecule is CC(C)(C)C(N)=CC(N)=Nc1cccc(OCCOC2CCCCO2)c1. The van der Waals surface area contributed by atoms with Crippen molar-refractivity contribution in [1.82, 2.24) is 0 Å². The second-order valence-corrected chi connectivity index (χ2v) is 7.40. The van der Waals surface area contributed by atoms with Crippen LogP contribution in [0.15, 0.2) is 41.0 Å². The molecule has 1 heterocycles. The van der Waals surface area contributed by atoms with Crippen LogP contribution in [0.2, 0.25) is 0 Å². The first-order valence-corrected chi connectivity index (χ1v) is 9.12. The number of nitrogens with zero attached hydrogens (tertiary/aromatic N) is 1. The zero-order valence-corrected chi connectivity index (χ0v) is 16.0. The number of aliphatic imine (C=N–C) groups is 1. The minimum Gasteiger partial charge on any atom is -0.491 e. The highest BCUT2D eigenvalue weighted by Crippen LogP contribution is 2.22. The second kappa shape index (κ2) is 9.59. The molecule has 26 heavy (non-hydrogen) atoms. The van der Waals surface area contributed by atoms with Gasteiger partial charge in [0.25, 0.3) is 0 Å². The topological polar surface area (TPSA) is 92.1 Å². The first kappa shape index (κ1) is 20.3. The van der Waals surface area contributed by atoms with Gasteiger partial charge >= 0.3 is 0 Å². The van der Waals surface area contributed by atoms with E-state index in [1.165, 1.54) is 0 Å². The molecule has 144 valence electrons. The zero-order valence-electron chi connectivity index (χ0n) is 16.0. The molecule has 0 aliphatic carbocycles. The fourth-order valence-electron chi connectivity index (χ4n) is 2.38. The van der Waals surface area contributed by atoms with Crippen LogP contribution in [0.5, 0.6) is 5.75 Å². The van der Waals surface area contributed by atoms with Gasteiger partial charge in [0.1, 0.15) is 18.2 Å². The number of benzene rings is 1. The van der Waals surface area contributed by atoms with E-state index < -0.39 is 0 Å². The average molecular weight is 361 g/mol. The molecule has 0 aromatic heterocycles. The highest BCUT2D eigenvalue weighted by atomic mass is 16.7. The summed E-state index contributed by atoms with van der Waals surface area (Å²) in [6, 6.07) is 7.47. The molecule has 1 saturated heterocycles. The number of nitrogens with two attached hydrogens (primary N) is 2. The van der Waals surface area contributed by atoms with Crippen LogP contribution in [0, 0.1) is 5.41 Å². The van der Waals surface area contributed by atoms with Crippen LogP contribution >= 0.6 is 0 Å². The minimum atomic E-state index is -0.146. The predicted molar refractivity (Wildman–Crippen MR) is 104 cm³/mol. The molecule has 1 atom stereocenters. The van der Waals surface area contributed by atoms with Gasteiger partial charge in [-0.25, -0.2) is 4.99 Å². The summed E-state index contributed by atoms with van der Waals surface area (Å²) in [5, 5.41) is 0. The minimum absolute atomic E-state index is 0.0943. The summed E-state index contributed by atoms with van der Waals surface area (Å²) < 4.78 is 16.9. The van der Waals surface area contributed by atoms with E-state index >= 15 is 0 Å². The standard InChI is InChI=1S/C20H31N3O3/c1-20(2,3)17(21)14-18(22)23-15-7-6-8-16(13-15)24-11-12-26-19-9-4-5-10-25-19/h6-8,13-14,19H,4-5,9-12,21H2,1-3H3,(H2,22,23). The maximum atomic E-state index is 6.03. The van der Waals surface area contributed by atoms with E-state index in [0.29, 0.717) is 24.7 Å². The van der Waals surface area contributed by atoms with Crippen LogP contribution in [-0.4, -0.2) is 31.9 Å². The Kier molecular flexibility index (Phi) is 7.48. The van der Waals surface area contributed by atoms with E-state index in [1.807, 2.05) is 45.0 Å². The third-order valence-corrected chi connectivity index (χ3v) is 4.04. The van der Waals surface area contributed by atoms with Crippen molar-refractivity contribution in [3.63, 3.8) is 0 Å². The Balaban J connectivity index is 1.85. The van der Waals surface area contributed by atoms with Crippen molar-refractivity contribution in [2.75, 3.05) is 19.8 Å². The summed E-state index contributed by atoms with van der Waals surface area (Å²) >= 11 is 0. The maximum absolute atomic E-state index is 6.03. The lowest BCUT2D eigenvalue weighted by Crippen LogP contribution is -2.24. The molecule has 1 unspecified atom stereocenters. The van der Waals surface area contributed by atoms with E-state index in [2.05, 4.69) is 4.99 Å². The van der Waals surface area contributed by atoms with Gasteiger partial charge < -0.3 is 25.7 Å². The van der Waals surface area contributed by atoms with Gasteiger partial charge in [-0.05, 0) is 37.5 Å². The van der Waals surface area contributed by atoms with Crippen molar-refractivity contribution in [3.05, 3.63) is 36.0 Å². The Morgan fingerprint density at radius 1 is 1.27 bits per heavy atom. The van der Waals surface area contributed by atoms with Gasteiger partial charge in [-0.2, -0.15) is 0 Å². The van der Waals surface area contributed by atoms with Gasteiger partial charge in [0.05, 0.1) is 12.3 Å². The van der Waals surface area contributed by atoms with Crippen LogP contribution in [0.25, 0.3) is 0 Å². The van der Waals surface area contributed by atoms with E-state index in [9.17, 15) is 0 Å². The molecule has 0 amide bonds. The molecule has 6 heteroatoms. The molecule has 0 spiro atoms. The van der Waals surface area contributed by atoms with Gasteiger partial charge in [0, 0.05) is 23.8 Å². The van der Waals surface area contributed by atoms with E-state index in [0.717, 1.165) is 37.3 Å². The molecular weight excluding hydrogens is 330 g/mol. The average Bonchev–Trinajstić information content (AvgIpc) is 2.59. The fraction of sp³-hybridized carbons (Fsp3) is 0.550. The number of ether oxygens (including phenoxy) is 3. The Morgan fingerprint density at radius 2 is 2.08 bits per heavy atom. The third kappa shape index (κ3) is 7.06. The molecule has 2 rings (SSSR count). The molecular formula is C20H31N3O3. The van der Waals surface area contributed by atoms with Gasteiger partial charge in [-0.15, -0.1) is 0 Å². The van der Waals surface area contributed by atoms with Gasteiger partial charge in [0.2, 0.25) is 0 Å². The molecule has 1 aliphatic heterocycles. The highest BCUT2D eigenvalue weighted by Gasteiger charge is 2.14. The van der Waals surface area contributed by atoms with Crippen molar-refractivity contribution in [1.29, 1.82) is 0 Å². The lowest BCUT2D eigenvalue weighted by molar-refractivity contribution is -0.165. The lowest BCUT2D eigenvalue weighted by atomic mass is 9.92. The smallest absolute Gasteiger partial charge is 0.157 e. The summed E-state index contributed by atoms with van der Waals surface area (Å²) in [4.78, 5) is 4.38. The largest absolute Gasteiger partial charge is 0.491 e. The molecule has 1 fully saturated rings. The van der Waals surface area contributed by atoms with Crippen LogP contribution < -0.4 is 16.2 Å². The Bertz CT molecular complexity index is 629. The molecule has 4 N–H and O–H groups in total. The van der Waals surface area contributed by atoms with Gasteiger partial charge in [0.15, 0.2) is 6.29 Å². The van der Waals surface area contributed by atoms with Crippen molar-refractivity contribution in [3.8, 4) is 5.75 Å². The Labute approximate surface area is 156 Å². The predicted octanol–water partition coefficient (Wildman–Crippen LogP) is 3.49. The molecule has 0 radical (unpaired) electrons. The molecule has 0 bridgehead atoms.